The Morgan fingerprint density at radius 2 is 1.97 bits per heavy atom. The molecule has 3 aliphatic rings. The standard InChI is InChI=1S/C26H32N2O6S/c1-5-13-27(17-7-9-18(33-4)10-8-17)23(31)21-26-12-11-25(3,35-26)20(24(32)34-16-6-2)19(26)22(30)28(21)14-15-29/h5-10,19-21,29H,1-2,11-16H2,3-4H3/t19-,20-,21?,25+,26?/m0/s1. The Kier molecular flexibility index (Phi) is 7.02. The minimum atomic E-state index is -0.821. The van der Waals surface area contributed by atoms with Gasteiger partial charge in [-0.25, -0.2) is 0 Å². The summed E-state index contributed by atoms with van der Waals surface area (Å²) < 4.78 is 9.36. The average Bonchev–Trinajstić information content (AvgIpc) is 3.42. The van der Waals surface area contributed by atoms with Crippen LogP contribution in [-0.4, -0.2) is 76.7 Å². The SMILES string of the molecule is C=CCOC(=O)[C@@H]1[C@H]2C(=O)N(CCO)C(C(=O)N(CC=C)c3ccc(OC)cc3)C23CC[C@@]1(C)S3. The summed E-state index contributed by atoms with van der Waals surface area (Å²) >= 11 is 1.56. The van der Waals surface area contributed by atoms with Gasteiger partial charge in [0.05, 0.1) is 30.3 Å². The molecular formula is C26H32N2O6S. The van der Waals surface area contributed by atoms with Crippen molar-refractivity contribution < 1.29 is 29.0 Å². The van der Waals surface area contributed by atoms with E-state index in [-0.39, 0.29) is 38.1 Å². The highest BCUT2D eigenvalue weighted by molar-refractivity contribution is 8.02. The number of esters is 1. The van der Waals surface area contributed by atoms with E-state index in [2.05, 4.69) is 13.2 Å². The Morgan fingerprint density at radius 3 is 2.57 bits per heavy atom. The van der Waals surface area contributed by atoms with E-state index >= 15 is 0 Å². The van der Waals surface area contributed by atoms with Crippen LogP contribution in [0.2, 0.25) is 0 Å². The third-order valence-electron chi connectivity index (χ3n) is 7.41. The molecule has 2 bridgehead atoms. The van der Waals surface area contributed by atoms with E-state index in [0.717, 1.165) is 0 Å². The van der Waals surface area contributed by atoms with Gasteiger partial charge in [0, 0.05) is 23.5 Å². The van der Waals surface area contributed by atoms with Crippen molar-refractivity contribution >= 4 is 35.2 Å². The molecule has 3 fully saturated rings. The summed E-state index contributed by atoms with van der Waals surface area (Å²) in [6, 6.07) is 6.30. The van der Waals surface area contributed by atoms with Gasteiger partial charge in [-0.05, 0) is 44.0 Å². The van der Waals surface area contributed by atoms with Gasteiger partial charge in [-0.3, -0.25) is 14.4 Å². The first kappa shape index (κ1) is 25.3. The number of thioether (sulfide) groups is 1. The fourth-order valence-electron chi connectivity index (χ4n) is 6.00. The van der Waals surface area contributed by atoms with Gasteiger partial charge in [0.1, 0.15) is 18.4 Å². The molecule has 0 aromatic heterocycles. The number of ether oxygens (including phenoxy) is 2. The molecule has 4 rings (SSSR count). The van der Waals surface area contributed by atoms with Crippen LogP contribution in [0.4, 0.5) is 5.69 Å². The van der Waals surface area contributed by atoms with Crippen molar-refractivity contribution in [3.8, 4) is 5.75 Å². The maximum absolute atomic E-state index is 14.2. The second-order valence-electron chi connectivity index (χ2n) is 9.34. The molecule has 3 saturated heterocycles. The highest BCUT2D eigenvalue weighted by atomic mass is 32.2. The zero-order chi connectivity index (χ0) is 25.4. The summed E-state index contributed by atoms with van der Waals surface area (Å²) in [5.41, 5.74) is 0.651. The number of amides is 2. The number of likely N-dealkylation sites (tertiary alicyclic amines) is 1. The summed E-state index contributed by atoms with van der Waals surface area (Å²) in [5.74, 6) is -1.66. The van der Waals surface area contributed by atoms with Crippen molar-refractivity contribution in [2.45, 2.75) is 35.3 Å². The first-order valence-electron chi connectivity index (χ1n) is 11.7. The van der Waals surface area contributed by atoms with Crippen LogP contribution in [0.25, 0.3) is 0 Å². The van der Waals surface area contributed by atoms with Crippen LogP contribution in [0, 0.1) is 11.8 Å². The topological polar surface area (TPSA) is 96.4 Å². The molecule has 1 spiro atoms. The summed E-state index contributed by atoms with van der Waals surface area (Å²) in [6.45, 7) is 9.45. The lowest BCUT2D eigenvalue weighted by molar-refractivity contribution is -0.154. The van der Waals surface area contributed by atoms with Gasteiger partial charge in [0.25, 0.3) is 5.91 Å². The van der Waals surface area contributed by atoms with Crippen LogP contribution in [-0.2, 0) is 19.1 Å². The van der Waals surface area contributed by atoms with Crippen molar-refractivity contribution in [3.63, 3.8) is 0 Å². The number of aliphatic hydroxyl groups excluding tert-OH is 1. The zero-order valence-corrected chi connectivity index (χ0v) is 21.0. The summed E-state index contributed by atoms with van der Waals surface area (Å²) in [4.78, 5) is 44.2. The maximum atomic E-state index is 14.2. The van der Waals surface area contributed by atoms with Gasteiger partial charge in [0.15, 0.2) is 0 Å². The zero-order valence-electron chi connectivity index (χ0n) is 20.1. The lowest BCUT2D eigenvalue weighted by Crippen LogP contribution is -2.55. The molecule has 8 nitrogen and oxygen atoms in total. The number of hydrogen-bond donors (Lipinski definition) is 1. The van der Waals surface area contributed by atoms with Gasteiger partial charge >= 0.3 is 5.97 Å². The Labute approximate surface area is 209 Å². The quantitative estimate of drug-likeness (QED) is 0.389. The molecule has 9 heteroatoms. The number of nitrogens with zero attached hydrogens (tertiary/aromatic N) is 2. The molecule has 0 aliphatic carbocycles. The minimum absolute atomic E-state index is 0.0176. The molecule has 5 atom stereocenters. The molecule has 188 valence electrons. The van der Waals surface area contributed by atoms with Crippen molar-refractivity contribution in [1.29, 1.82) is 0 Å². The smallest absolute Gasteiger partial charge is 0.311 e. The van der Waals surface area contributed by atoms with Gasteiger partial charge in [-0.2, -0.15) is 0 Å². The monoisotopic (exact) mass is 500 g/mol. The number of fused-ring (bicyclic) bond motifs is 1. The summed E-state index contributed by atoms with van der Waals surface area (Å²) in [5, 5.41) is 9.77. The van der Waals surface area contributed by atoms with E-state index in [1.165, 1.54) is 11.0 Å². The number of rotatable bonds is 10. The van der Waals surface area contributed by atoms with Crippen LogP contribution < -0.4 is 9.64 Å². The second kappa shape index (κ2) is 9.70. The summed E-state index contributed by atoms with van der Waals surface area (Å²) in [6.07, 6.45) is 4.45. The lowest BCUT2D eigenvalue weighted by atomic mass is 9.66. The molecule has 2 unspecified atom stereocenters. The number of benzene rings is 1. The number of carbonyl (C=O) groups excluding carboxylic acids is 3. The van der Waals surface area contributed by atoms with Gasteiger partial charge in [-0.1, -0.05) is 18.7 Å². The van der Waals surface area contributed by atoms with Gasteiger partial charge in [-0.15, -0.1) is 18.3 Å². The van der Waals surface area contributed by atoms with Crippen LogP contribution in [0.15, 0.2) is 49.6 Å². The molecule has 35 heavy (non-hydrogen) atoms. The summed E-state index contributed by atoms with van der Waals surface area (Å²) in [7, 11) is 1.57. The lowest BCUT2D eigenvalue weighted by Gasteiger charge is -2.37. The van der Waals surface area contributed by atoms with Crippen molar-refractivity contribution in [3.05, 3.63) is 49.6 Å². The van der Waals surface area contributed by atoms with E-state index in [1.807, 2.05) is 6.92 Å². The molecule has 3 aliphatic heterocycles. The Morgan fingerprint density at radius 1 is 1.26 bits per heavy atom. The third-order valence-corrected chi connectivity index (χ3v) is 9.40. The van der Waals surface area contributed by atoms with Crippen molar-refractivity contribution in [1.82, 2.24) is 4.90 Å². The highest BCUT2D eigenvalue weighted by Crippen LogP contribution is 2.71. The normalized spacial score (nSPS) is 30.7. The molecule has 1 aromatic carbocycles. The first-order chi connectivity index (χ1) is 16.8. The number of aliphatic hydroxyl groups is 1. The minimum Gasteiger partial charge on any atom is -0.497 e. The molecule has 2 amide bonds. The van der Waals surface area contributed by atoms with Gasteiger partial charge < -0.3 is 24.4 Å². The fourth-order valence-corrected chi connectivity index (χ4v) is 8.34. The Balaban J connectivity index is 1.76. The molecular weight excluding hydrogens is 468 g/mol. The predicted molar refractivity (Wildman–Crippen MR) is 134 cm³/mol. The van der Waals surface area contributed by atoms with E-state index < -0.39 is 33.3 Å². The molecule has 0 saturated carbocycles. The fraction of sp³-hybridized carbons (Fsp3) is 0.500. The Hall–Kier alpha value is -2.78. The molecule has 3 heterocycles. The first-order valence-corrected chi connectivity index (χ1v) is 12.5. The van der Waals surface area contributed by atoms with Crippen molar-refractivity contribution in [2.75, 3.05) is 38.3 Å². The number of β-amino-alcohol motifs (C(OH)–C–C–N with tert-alkyl or cyclic N) is 1. The van der Waals surface area contributed by atoms with E-state index in [4.69, 9.17) is 9.47 Å². The number of hydrogen-bond acceptors (Lipinski definition) is 7. The highest BCUT2D eigenvalue weighted by Gasteiger charge is 2.77. The number of carbonyl (C=O) groups is 3. The third kappa shape index (κ3) is 3.94. The van der Waals surface area contributed by atoms with Crippen LogP contribution in [0.5, 0.6) is 5.75 Å². The number of anilines is 1. The molecule has 1 aromatic rings. The van der Waals surface area contributed by atoms with E-state index in [1.54, 1.807) is 54.1 Å². The maximum Gasteiger partial charge on any atom is 0.311 e. The van der Waals surface area contributed by atoms with E-state index in [9.17, 15) is 19.5 Å². The van der Waals surface area contributed by atoms with Crippen LogP contribution >= 0.6 is 11.8 Å². The number of methoxy groups -OCH3 is 1. The molecule has 0 radical (unpaired) electrons. The van der Waals surface area contributed by atoms with Crippen LogP contribution in [0.3, 0.4) is 0 Å². The second-order valence-corrected chi connectivity index (χ2v) is 11.2. The Bertz CT molecular complexity index is 1030. The van der Waals surface area contributed by atoms with Crippen LogP contribution in [0.1, 0.15) is 19.8 Å². The molecule has 1 N–H and O–H groups in total. The van der Waals surface area contributed by atoms with E-state index in [0.29, 0.717) is 24.3 Å². The van der Waals surface area contributed by atoms with Crippen molar-refractivity contribution in [2.24, 2.45) is 11.8 Å². The largest absolute Gasteiger partial charge is 0.497 e. The predicted octanol–water partition coefficient (Wildman–Crippen LogP) is 2.42. The van der Waals surface area contributed by atoms with Gasteiger partial charge in [0.2, 0.25) is 5.91 Å². The average molecular weight is 501 g/mol.